The summed E-state index contributed by atoms with van der Waals surface area (Å²) in [5.41, 5.74) is 0. The normalized spacial score (nSPS) is 12.9. The van der Waals surface area contributed by atoms with Crippen LogP contribution in [0.1, 0.15) is 19.6 Å². The summed E-state index contributed by atoms with van der Waals surface area (Å²) in [6, 6.07) is 1.72. The molecule has 5 heteroatoms. The number of carbonyl (C=O) groups is 1. The Morgan fingerprint density at radius 3 is 2.93 bits per heavy atom. The third kappa shape index (κ3) is 3.14. The SMILES string of the molecule is CC(C)C(Br)C(=O)NCc1ccno1. The largest absolute Gasteiger partial charge is 0.360 e. The molecule has 1 atom stereocenters. The summed E-state index contributed by atoms with van der Waals surface area (Å²) >= 11 is 3.31. The van der Waals surface area contributed by atoms with Crippen molar-refractivity contribution < 1.29 is 9.32 Å². The predicted octanol–water partition coefficient (Wildman–Crippen LogP) is 1.71. The zero-order valence-corrected chi connectivity index (χ0v) is 9.74. The van der Waals surface area contributed by atoms with Gasteiger partial charge in [-0.15, -0.1) is 0 Å². The van der Waals surface area contributed by atoms with Gasteiger partial charge in [-0.1, -0.05) is 34.9 Å². The van der Waals surface area contributed by atoms with Crippen LogP contribution in [0, 0.1) is 5.92 Å². The number of nitrogens with one attached hydrogen (secondary N) is 1. The molecule has 0 aliphatic carbocycles. The van der Waals surface area contributed by atoms with Crippen molar-refractivity contribution in [3.8, 4) is 0 Å². The number of halogens is 1. The van der Waals surface area contributed by atoms with Crippen molar-refractivity contribution in [1.29, 1.82) is 0 Å². The molecule has 4 nitrogen and oxygen atoms in total. The van der Waals surface area contributed by atoms with Gasteiger partial charge in [0.2, 0.25) is 5.91 Å². The molecule has 14 heavy (non-hydrogen) atoms. The molecule has 0 aromatic carbocycles. The van der Waals surface area contributed by atoms with Gasteiger partial charge in [0.15, 0.2) is 5.76 Å². The molecule has 1 aromatic heterocycles. The number of carbonyl (C=O) groups excluding carboxylic acids is 1. The lowest BCUT2D eigenvalue weighted by atomic mass is 10.1. The number of rotatable bonds is 4. The van der Waals surface area contributed by atoms with Crippen molar-refractivity contribution in [2.24, 2.45) is 5.92 Å². The Bertz CT molecular complexity index is 285. The Kier molecular flexibility index (Phi) is 4.13. The molecular weight excluding hydrogens is 248 g/mol. The molecule has 1 amide bonds. The zero-order chi connectivity index (χ0) is 10.6. The van der Waals surface area contributed by atoms with Crippen LogP contribution in [-0.4, -0.2) is 15.9 Å². The van der Waals surface area contributed by atoms with Crippen molar-refractivity contribution in [1.82, 2.24) is 10.5 Å². The summed E-state index contributed by atoms with van der Waals surface area (Å²) in [7, 11) is 0. The van der Waals surface area contributed by atoms with E-state index in [-0.39, 0.29) is 16.7 Å². The molecule has 0 aliphatic rings. The lowest BCUT2D eigenvalue weighted by molar-refractivity contribution is -0.121. The number of hydrogen-bond donors (Lipinski definition) is 1. The monoisotopic (exact) mass is 260 g/mol. The van der Waals surface area contributed by atoms with Gasteiger partial charge in [-0.05, 0) is 5.92 Å². The van der Waals surface area contributed by atoms with Gasteiger partial charge in [0, 0.05) is 6.07 Å². The van der Waals surface area contributed by atoms with Crippen molar-refractivity contribution in [3.05, 3.63) is 18.0 Å². The van der Waals surface area contributed by atoms with Crippen LogP contribution in [0.5, 0.6) is 0 Å². The minimum atomic E-state index is -0.162. The van der Waals surface area contributed by atoms with Crippen LogP contribution < -0.4 is 5.32 Å². The van der Waals surface area contributed by atoms with Crippen molar-refractivity contribution in [3.63, 3.8) is 0 Å². The summed E-state index contributed by atoms with van der Waals surface area (Å²) in [4.78, 5) is 11.3. The first kappa shape index (κ1) is 11.2. The lowest BCUT2D eigenvalue weighted by Crippen LogP contribution is -2.33. The van der Waals surface area contributed by atoms with Gasteiger partial charge in [-0.25, -0.2) is 0 Å². The first-order chi connectivity index (χ1) is 6.61. The van der Waals surface area contributed by atoms with E-state index in [1.807, 2.05) is 13.8 Å². The molecule has 0 saturated carbocycles. The van der Waals surface area contributed by atoms with Gasteiger partial charge in [0.1, 0.15) is 0 Å². The smallest absolute Gasteiger partial charge is 0.234 e. The van der Waals surface area contributed by atoms with E-state index in [0.29, 0.717) is 12.3 Å². The van der Waals surface area contributed by atoms with Gasteiger partial charge in [-0.2, -0.15) is 0 Å². The van der Waals surface area contributed by atoms with Crippen LogP contribution >= 0.6 is 15.9 Å². The average Bonchev–Trinajstić information content (AvgIpc) is 2.65. The van der Waals surface area contributed by atoms with E-state index in [2.05, 4.69) is 26.4 Å². The summed E-state index contributed by atoms with van der Waals surface area (Å²) < 4.78 is 4.84. The second kappa shape index (κ2) is 5.14. The highest BCUT2D eigenvalue weighted by Gasteiger charge is 2.18. The Morgan fingerprint density at radius 2 is 2.43 bits per heavy atom. The molecule has 1 heterocycles. The van der Waals surface area contributed by atoms with E-state index in [1.165, 1.54) is 0 Å². The molecule has 1 rings (SSSR count). The van der Waals surface area contributed by atoms with Crippen LogP contribution in [-0.2, 0) is 11.3 Å². The van der Waals surface area contributed by atoms with Gasteiger partial charge in [0.05, 0.1) is 17.6 Å². The van der Waals surface area contributed by atoms with Crippen LogP contribution in [0.15, 0.2) is 16.8 Å². The first-order valence-electron chi connectivity index (χ1n) is 4.42. The maximum Gasteiger partial charge on any atom is 0.234 e. The van der Waals surface area contributed by atoms with E-state index < -0.39 is 0 Å². The molecule has 0 radical (unpaired) electrons. The zero-order valence-electron chi connectivity index (χ0n) is 8.16. The van der Waals surface area contributed by atoms with E-state index in [0.717, 1.165) is 0 Å². The lowest BCUT2D eigenvalue weighted by Gasteiger charge is -2.12. The van der Waals surface area contributed by atoms with Gasteiger partial charge in [0.25, 0.3) is 0 Å². The molecular formula is C9H13BrN2O2. The molecule has 0 aliphatic heterocycles. The Morgan fingerprint density at radius 1 is 1.71 bits per heavy atom. The highest BCUT2D eigenvalue weighted by atomic mass is 79.9. The van der Waals surface area contributed by atoms with Crippen LogP contribution in [0.2, 0.25) is 0 Å². The predicted molar refractivity (Wildman–Crippen MR) is 55.9 cm³/mol. The van der Waals surface area contributed by atoms with Gasteiger partial charge in [-0.3, -0.25) is 4.79 Å². The fourth-order valence-corrected chi connectivity index (χ4v) is 1.07. The minimum absolute atomic E-state index is 0.0311. The quantitative estimate of drug-likeness (QED) is 0.839. The standard InChI is InChI=1S/C9H13BrN2O2/c1-6(2)8(10)9(13)11-5-7-3-4-12-14-7/h3-4,6,8H,5H2,1-2H3,(H,11,13). The Balaban J connectivity index is 2.35. The summed E-state index contributed by atoms with van der Waals surface area (Å²) in [6.07, 6.45) is 1.55. The van der Waals surface area contributed by atoms with Crippen molar-refractivity contribution in [2.75, 3.05) is 0 Å². The fraction of sp³-hybridized carbons (Fsp3) is 0.556. The molecule has 78 valence electrons. The second-order valence-electron chi connectivity index (χ2n) is 3.34. The molecule has 0 bridgehead atoms. The van der Waals surface area contributed by atoms with E-state index in [9.17, 15) is 4.79 Å². The average molecular weight is 261 g/mol. The minimum Gasteiger partial charge on any atom is -0.360 e. The van der Waals surface area contributed by atoms with Crippen LogP contribution in [0.3, 0.4) is 0 Å². The number of alkyl halides is 1. The van der Waals surface area contributed by atoms with E-state index in [1.54, 1.807) is 12.3 Å². The maximum absolute atomic E-state index is 11.5. The molecule has 1 N–H and O–H groups in total. The summed E-state index contributed by atoms with van der Waals surface area (Å²) in [5, 5.41) is 6.29. The molecule has 1 aromatic rings. The first-order valence-corrected chi connectivity index (χ1v) is 5.34. The number of nitrogens with zero attached hydrogens (tertiary/aromatic N) is 1. The maximum atomic E-state index is 11.5. The van der Waals surface area contributed by atoms with Crippen LogP contribution in [0.4, 0.5) is 0 Å². The van der Waals surface area contributed by atoms with E-state index in [4.69, 9.17) is 4.52 Å². The van der Waals surface area contributed by atoms with Gasteiger partial charge < -0.3 is 9.84 Å². The number of aromatic nitrogens is 1. The Labute approximate surface area is 91.2 Å². The number of hydrogen-bond acceptors (Lipinski definition) is 3. The summed E-state index contributed by atoms with van der Waals surface area (Å²) in [5.74, 6) is 0.892. The third-order valence-electron chi connectivity index (χ3n) is 1.76. The van der Waals surface area contributed by atoms with Gasteiger partial charge >= 0.3 is 0 Å². The van der Waals surface area contributed by atoms with Crippen LogP contribution in [0.25, 0.3) is 0 Å². The van der Waals surface area contributed by atoms with Crippen molar-refractivity contribution >= 4 is 21.8 Å². The molecule has 0 saturated heterocycles. The second-order valence-corrected chi connectivity index (χ2v) is 4.33. The highest BCUT2D eigenvalue weighted by molar-refractivity contribution is 9.10. The topological polar surface area (TPSA) is 55.1 Å². The molecule has 0 spiro atoms. The molecule has 0 fully saturated rings. The third-order valence-corrected chi connectivity index (χ3v) is 3.24. The molecule has 1 unspecified atom stereocenters. The number of amides is 1. The van der Waals surface area contributed by atoms with Crippen molar-refractivity contribution in [2.45, 2.75) is 25.2 Å². The summed E-state index contributed by atoms with van der Waals surface area (Å²) in [6.45, 7) is 4.34. The van der Waals surface area contributed by atoms with E-state index >= 15 is 0 Å². The Hall–Kier alpha value is -0.840. The fourth-order valence-electron chi connectivity index (χ4n) is 0.908. The highest BCUT2D eigenvalue weighted by Crippen LogP contribution is 2.11.